The van der Waals surface area contributed by atoms with Gasteiger partial charge in [-0.25, -0.2) is 8.42 Å². The summed E-state index contributed by atoms with van der Waals surface area (Å²) in [5.74, 6) is -0.560. The summed E-state index contributed by atoms with van der Waals surface area (Å²) < 4.78 is 52.8. The zero-order valence-electron chi connectivity index (χ0n) is 11.4. The topological polar surface area (TPSA) is 77.3 Å². The van der Waals surface area contributed by atoms with E-state index in [2.05, 4.69) is 15.1 Å². The maximum atomic E-state index is 14.3. The Morgan fingerprint density at radius 3 is 2.50 bits per heavy atom. The van der Waals surface area contributed by atoms with Crippen LogP contribution in [0, 0.1) is 5.92 Å². The van der Waals surface area contributed by atoms with Crippen LogP contribution in [-0.4, -0.2) is 37.1 Å². The SMILES string of the molecule is CO/N=C(\C1CC1)C(F)(F)S(=O)(=O)C1=NOC(C)(C)C1. The second-order valence-electron chi connectivity index (χ2n) is 5.47. The number of sulfone groups is 1. The first kappa shape index (κ1) is 15.1. The van der Waals surface area contributed by atoms with Crippen LogP contribution in [0.1, 0.15) is 33.1 Å². The Morgan fingerprint density at radius 1 is 1.50 bits per heavy atom. The molecule has 0 aromatic rings. The van der Waals surface area contributed by atoms with Gasteiger partial charge in [0.2, 0.25) is 0 Å². The van der Waals surface area contributed by atoms with E-state index < -0.39 is 37.4 Å². The van der Waals surface area contributed by atoms with Crippen LogP contribution in [0.25, 0.3) is 0 Å². The zero-order valence-corrected chi connectivity index (χ0v) is 12.2. The number of nitrogens with zero attached hydrogens (tertiary/aromatic N) is 2. The molecule has 20 heavy (non-hydrogen) atoms. The van der Waals surface area contributed by atoms with Gasteiger partial charge >= 0.3 is 5.25 Å². The summed E-state index contributed by atoms with van der Waals surface area (Å²) in [7, 11) is -3.85. The molecule has 6 nitrogen and oxygen atoms in total. The Hall–Kier alpha value is -1.25. The van der Waals surface area contributed by atoms with Crippen molar-refractivity contribution in [2.45, 2.75) is 44.0 Å². The molecule has 0 radical (unpaired) electrons. The summed E-state index contributed by atoms with van der Waals surface area (Å²) in [6, 6.07) is 0. The summed E-state index contributed by atoms with van der Waals surface area (Å²) in [5, 5.41) is 1.74. The van der Waals surface area contributed by atoms with E-state index in [0.29, 0.717) is 12.8 Å². The van der Waals surface area contributed by atoms with Crippen molar-refractivity contribution in [3.8, 4) is 0 Å². The lowest BCUT2D eigenvalue weighted by Gasteiger charge is -2.18. The van der Waals surface area contributed by atoms with Crippen molar-refractivity contribution in [3.05, 3.63) is 0 Å². The Balaban J connectivity index is 2.35. The summed E-state index contributed by atoms with van der Waals surface area (Å²) in [6.07, 6.45) is 0.749. The Bertz CT molecular complexity index is 565. The van der Waals surface area contributed by atoms with Crippen molar-refractivity contribution in [1.29, 1.82) is 0 Å². The van der Waals surface area contributed by atoms with E-state index in [1.54, 1.807) is 13.8 Å². The molecule has 114 valence electrons. The third-order valence-corrected chi connectivity index (χ3v) is 4.79. The highest BCUT2D eigenvalue weighted by molar-refractivity contribution is 8.07. The predicted octanol–water partition coefficient (Wildman–Crippen LogP) is 1.92. The molecule has 9 heteroatoms. The van der Waals surface area contributed by atoms with Gasteiger partial charge in [-0.05, 0) is 26.7 Å². The maximum absolute atomic E-state index is 14.3. The molecule has 2 aliphatic rings. The van der Waals surface area contributed by atoms with Crippen LogP contribution in [0.15, 0.2) is 10.3 Å². The number of rotatable bonds is 4. The summed E-state index contributed by atoms with van der Waals surface area (Å²) >= 11 is 0. The van der Waals surface area contributed by atoms with Crippen molar-refractivity contribution in [2.24, 2.45) is 16.2 Å². The van der Waals surface area contributed by atoms with E-state index in [0.717, 1.165) is 7.11 Å². The third kappa shape index (κ3) is 2.50. The van der Waals surface area contributed by atoms with Crippen LogP contribution in [0.5, 0.6) is 0 Å². The summed E-state index contributed by atoms with van der Waals surface area (Å²) in [6.45, 7) is 3.14. The molecule has 0 saturated heterocycles. The molecule has 0 N–H and O–H groups in total. The van der Waals surface area contributed by atoms with Crippen molar-refractivity contribution in [2.75, 3.05) is 7.11 Å². The first-order valence-corrected chi connectivity index (χ1v) is 7.59. The molecule has 1 aliphatic carbocycles. The van der Waals surface area contributed by atoms with Crippen LogP contribution in [0.4, 0.5) is 8.78 Å². The van der Waals surface area contributed by atoms with Crippen molar-refractivity contribution in [3.63, 3.8) is 0 Å². The van der Waals surface area contributed by atoms with Gasteiger partial charge in [-0.2, -0.15) is 8.78 Å². The van der Waals surface area contributed by atoms with Crippen LogP contribution >= 0.6 is 0 Å². The summed E-state index contributed by atoms with van der Waals surface area (Å²) in [4.78, 5) is 9.22. The van der Waals surface area contributed by atoms with Gasteiger partial charge in [0.25, 0.3) is 9.84 Å². The van der Waals surface area contributed by atoms with Gasteiger partial charge in [0.1, 0.15) is 18.4 Å². The number of halogens is 2. The molecule has 0 aromatic heterocycles. The van der Waals surface area contributed by atoms with Gasteiger partial charge in [0, 0.05) is 12.3 Å². The van der Waals surface area contributed by atoms with Gasteiger partial charge < -0.3 is 9.68 Å². The van der Waals surface area contributed by atoms with E-state index in [1.807, 2.05) is 0 Å². The average Bonchev–Trinajstić information content (AvgIpc) is 3.09. The Kier molecular flexibility index (Phi) is 3.52. The normalized spacial score (nSPS) is 23.2. The molecule has 2 rings (SSSR count). The minimum atomic E-state index is -4.95. The lowest BCUT2D eigenvalue weighted by atomic mass is 10.1. The van der Waals surface area contributed by atoms with Crippen LogP contribution < -0.4 is 0 Å². The quantitative estimate of drug-likeness (QED) is 0.587. The van der Waals surface area contributed by atoms with E-state index in [1.165, 1.54) is 0 Å². The molecule has 1 saturated carbocycles. The van der Waals surface area contributed by atoms with Crippen molar-refractivity contribution >= 4 is 20.6 Å². The molecule has 0 spiro atoms. The van der Waals surface area contributed by atoms with Crippen molar-refractivity contribution in [1.82, 2.24) is 0 Å². The lowest BCUT2D eigenvalue weighted by Crippen LogP contribution is -2.43. The number of hydrogen-bond donors (Lipinski definition) is 0. The monoisotopic (exact) mass is 310 g/mol. The molecule has 1 fully saturated rings. The van der Waals surface area contributed by atoms with Gasteiger partial charge in [-0.1, -0.05) is 10.3 Å². The predicted molar refractivity (Wildman–Crippen MR) is 68.3 cm³/mol. The smallest absolute Gasteiger partial charge is 0.392 e. The molecule has 0 unspecified atom stereocenters. The second kappa shape index (κ2) is 4.64. The largest absolute Gasteiger partial charge is 0.399 e. The second-order valence-corrected chi connectivity index (χ2v) is 7.46. The minimum absolute atomic E-state index is 0.199. The van der Waals surface area contributed by atoms with E-state index in [9.17, 15) is 17.2 Å². The standard InChI is InChI=1S/C11H16F2N2O4S/c1-10(2)6-8(14-19-10)20(16,17)11(12,13)9(15-18-3)7-4-5-7/h7H,4-6H2,1-3H3/b15-9+. The molecule has 0 aromatic carbocycles. The number of oxime groups is 2. The highest BCUT2D eigenvalue weighted by Crippen LogP contribution is 2.41. The number of hydrogen-bond acceptors (Lipinski definition) is 6. The fraction of sp³-hybridized carbons (Fsp3) is 0.818. The van der Waals surface area contributed by atoms with Gasteiger partial charge in [-0.3, -0.25) is 0 Å². The van der Waals surface area contributed by atoms with Crippen LogP contribution in [0.3, 0.4) is 0 Å². The van der Waals surface area contributed by atoms with E-state index in [4.69, 9.17) is 4.84 Å². The average molecular weight is 310 g/mol. The van der Waals surface area contributed by atoms with Crippen molar-refractivity contribution < 1.29 is 26.9 Å². The van der Waals surface area contributed by atoms with Crippen LogP contribution in [0.2, 0.25) is 0 Å². The fourth-order valence-electron chi connectivity index (χ4n) is 1.85. The molecule has 1 heterocycles. The highest BCUT2D eigenvalue weighted by atomic mass is 32.2. The summed E-state index contributed by atoms with van der Waals surface area (Å²) in [5.41, 5.74) is -1.66. The van der Waals surface area contributed by atoms with Gasteiger partial charge in [-0.15, -0.1) is 0 Å². The molecular weight excluding hydrogens is 294 g/mol. The fourth-order valence-corrected chi connectivity index (χ4v) is 3.30. The minimum Gasteiger partial charge on any atom is -0.399 e. The highest BCUT2D eigenvalue weighted by Gasteiger charge is 2.59. The number of alkyl halides is 2. The molecule has 0 atom stereocenters. The Labute approximate surface area is 115 Å². The Morgan fingerprint density at radius 2 is 2.10 bits per heavy atom. The van der Waals surface area contributed by atoms with E-state index in [-0.39, 0.29) is 6.42 Å². The first-order chi connectivity index (χ1) is 9.12. The van der Waals surface area contributed by atoms with Gasteiger partial charge in [0.05, 0.1) is 0 Å². The third-order valence-electron chi connectivity index (χ3n) is 3.07. The first-order valence-electron chi connectivity index (χ1n) is 6.11. The van der Waals surface area contributed by atoms with E-state index >= 15 is 0 Å². The molecule has 0 amide bonds. The lowest BCUT2D eigenvalue weighted by molar-refractivity contribution is 0.0123. The van der Waals surface area contributed by atoms with Crippen LogP contribution in [-0.2, 0) is 19.5 Å². The molecule has 1 aliphatic heterocycles. The zero-order chi connectivity index (χ0) is 15.2. The molecule has 0 bridgehead atoms. The maximum Gasteiger partial charge on any atom is 0.392 e. The molecular formula is C11H16F2N2O4S. The van der Waals surface area contributed by atoms with Gasteiger partial charge in [0.15, 0.2) is 5.04 Å².